The number of methoxy groups -OCH3 is 1. The molecule has 1 atom stereocenters. The molecule has 0 saturated heterocycles. The van der Waals surface area contributed by atoms with Crippen LogP contribution >= 0.6 is 0 Å². The van der Waals surface area contributed by atoms with Crippen LogP contribution in [0.15, 0.2) is 41.3 Å². The molecule has 0 saturated carbocycles. The summed E-state index contributed by atoms with van der Waals surface area (Å²) in [5.74, 6) is -1.15. The number of para-hydroxylation sites is 1. The molecule has 0 fully saturated rings. The predicted molar refractivity (Wildman–Crippen MR) is 143 cm³/mol. The Morgan fingerprint density at radius 3 is 2.46 bits per heavy atom. The number of Topliss-reactive ketones (excluding diaryl/α,β-unsaturated/α-hetero) is 2. The average Bonchev–Trinajstić information content (AvgIpc) is 3.17. The van der Waals surface area contributed by atoms with Crippen LogP contribution in [0.5, 0.6) is 28.7 Å². The molecule has 0 unspecified atom stereocenters. The van der Waals surface area contributed by atoms with E-state index in [1.54, 1.807) is 20.1 Å². The van der Waals surface area contributed by atoms with E-state index >= 15 is 0 Å². The van der Waals surface area contributed by atoms with E-state index in [1.807, 2.05) is 26.0 Å². The van der Waals surface area contributed by atoms with Gasteiger partial charge in [-0.05, 0) is 39.7 Å². The maximum Gasteiger partial charge on any atom is 0.194 e. The minimum absolute atomic E-state index is 0.0102. The minimum Gasteiger partial charge on any atom is -0.507 e. The Balaban J connectivity index is 1.75. The van der Waals surface area contributed by atoms with E-state index in [1.165, 1.54) is 26.8 Å². The molecular formula is C30H33NO8. The summed E-state index contributed by atoms with van der Waals surface area (Å²) in [7, 11) is 1.56. The first kappa shape index (κ1) is 27.8. The number of ketones is 3. The highest BCUT2D eigenvalue weighted by atomic mass is 16.5. The Morgan fingerprint density at radius 1 is 1.15 bits per heavy atom. The number of carbonyl (C=O) groups is 3. The van der Waals surface area contributed by atoms with Gasteiger partial charge < -0.3 is 29.7 Å². The number of ether oxygens (including phenoxy) is 3. The number of carbonyl (C=O) groups excluding carboxylic acids is 3. The number of rotatable bonds is 8. The molecule has 1 aliphatic carbocycles. The predicted octanol–water partition coefficient (Wildman–Crippen LogP) is 4.40. The molecule has 206 valence electrons. The number of hydrogen-bond donors (Lipinski definition) is 3. The van der Waals surface area contributed by atoms with Crippen molar-refractivity contribution in [2.75, 3.05) is 13.7 Å². The maximum atomic E-state index is 14.0. The Kier molecular flexibility index (Phi) is 7.21. The van der Waals surface area contributed by atoms with Crippen LogP contribution in [0, 0.1) is 12.8 Å². The van der Waals surface area contributed by atoms with Crippen LogP contribution in [0.1, 0.15) is 61.7 Å². The fraction of sp³-hybridized carbons (Fsp3) is 0.367. The van der Waals surface area contributed by atoms with Crippen LogP contribution in [0.3, 0.4) is 0 Å². The summed E-state index contributed by atoms with van der Waals surface area (Å²) in [4.78, 5) is 39.5. The van der Waals surface area contributed by atoms with E-state index in [2.05, 4.69) is 5.32 Å². The van der Waals surface area contributed by atoms with Gasteiger partial charge >= 0.3 is 0 Å². The maximum absolute atomic E-state index is 14.0. The SMILES string of the molecule is COc1cccc(CN/C(C)=C2\C(=O)C=C3Oc4c(C(C)=O)c(O)c(C)c(O)c4[C@@]3(C)C2=O)c1OCC(C)C. The van der Waals surface area contributed by atoms with Crippen molar-refractivity contribution in [3.63, 3.8) is 0 Å². The van der Waals surface area contributed by atoms with Crippen molar-refractivity contribution in [1.82, 2.24) is 5.32 Å². The van der Waals surface area contributed by atoms with E-state index in [0.717, 1.165) is 5.56 Å². The van der Waals surface area contributed by atoms with Gasteiger partial charge in [-0.1, -0.05) is 26.0 Å². The smallest absolute Gasteiger partial charge is 0.194 e. The Morgan fingerprint density at radius 2 is 1.85 bits per heavy atom. The molecule has 1 heterocycles. The van der Waals surface area contributed by atoms with Gasteiger partial charge in [0.25, 0.3) is 0 Å². The largest absolute Gasteiger partial charge is 0.507 e. The van der Waals surface area contributed by atoms with Crippen LogP contribution in [0.4, 0.5) is 0 Å². The number of aromatic hydroxyl groups is 2. The third-order valence-corrected chi connectivity index (χ3v) is 7.15. The lowest BCUT2D eigenvalue weighted by Crippen LogP contribution is -2.41. The highest BCUT2D eigenvalue weighted by molar-refractivity contribution is 6.31. The number of benzene rings is 2. The first-order valence-electron chi connectivity index (χ1n) is 12.7. The summed E-state index contributed by atoms with van der Waals surface area (Å²) in [6.45, 7) is 10.7. The molecule has 0 aromatic heterocycles. The van der Waals surface area contributed by atoms with Gasteiger partial charge in [-0.2, -0.15) is 0 Å². The number of phenolic OH excluding ortho intramolecular Hbond substituents is 2. The zero-order chi connectivity index (χ0) is 28.8. The van der Waals surface area contributed by atoms with Crippen LogP contribution in [-0.4, -0.2) is 41.3 Å². The standard InChI is InChI=1S/C30H33NO8/c1-14(2)13-38-27-18(9-8-10-20(27)37-7)12-31-16(4)22-19(33)11-21-30(6,29(22)36)24-26(35)15(3)25(34)23(17(5)32)28(24)39-21/h8-11,14,31,34-35H,12-13H2,1-7H3/b22-16+/t30-/m0/s1. The van der Waals surface area contributed by atoms with E-state index in [-0.39, 0.29) is 46.1 Å². The van der Waals surface area contributed by atoms with Gasteiger partial charge in [0.15, 0.2) is 28.8 Å². The molecule has 9 heteroatoms. The van der Waals surface area contributed by atoms with Gasteiger partial charge in [0.2, 0.25) is 0 Å². The zero-order valence-electron chi connectivity index (χ0n) is 23.1. The lowest BCUT2D eigenvalue weighted by atomic mass is 9.70. The molecule has 39 heavy (non-hydrogen) atoms. The molecule has 0 radical (unpaired) electrons. The molecule has 1 aliphatic heterocycles. The number of hydrogen-bond acceptors (Lipinski definition) is 9. The van der Waals surface area contributed by atoms with Gasteiger partial charge in [-0.3, -0.25) is 14.4 Å². The summed E-state index contributed by atoms with van der Waals surface area (Å²) in [5.41, 5.74) is -0.622. The molecule has 2 aromatic carbocycles. The van der Waals surface area contributed by atoms with E-state index in [0.29, 0.717) is 29.7 Å². The topological polar surface area (TPSA) is 131 Å². The third-order valence-electron chi connectivity index (χ3n) is 7.15. The van der Waals surface area contributed by atoms with Crippen LogP contribution < -0.4 is 19.5 Å². The highest BCUT2D eigenvalue weighted by Gasteiger charge is 2.56. The molecule has 0 bridgehead atoms. The number of fused-ring (bicyclic) bond motifs is 3. The lowest BCUT2D eigenvalue weighted by molar-refractivity contribution is -0.123. The Hall–Kier alpha value is -4.27. The van der Waals surface area contributed by atoms with Crippen molar-refractivity contribution in [2.24, 2.45) is 5.92 Å². The van der Waals surface area contributed by atoms with Gasteiger partial charge in [-0.25, -0.2) is 0 Å². The zero-order valence-corrected chi connectivity index (χ0v) is 23.1. The second-order valence-corrected chi connectivity index (χ2v) is 10.4. The van der Waals surface area contributed by atoms with Gasteiger partial charge in [0.05, 0.1) is 24.9 Å². The normalized spacial score (nSPS) is 19.2. The van der Waals surface area contributed by atoms with Crippen molar-refractivity contribution >= 4 is 17.3 Å². The molecule has 0 spiro atoms. The lowest BCUT2D eigenvalue weighted by Gasteiger charge is -2.29. The Bertz CT molecular complexity index is 1470. The molecule has 2 aromatic rings. The molecule has 2 aliphatic rings. The first-order chi connectivity index (χ1) is 18.3. The fourth-order valence-electron chi connectivity index (χ4n) is 4.95. The fourth-order valence-corrected chi connectivity index (χ4v) is 4.95. The molecule has 0 amide bonds. The van der Waals surface area contributed by atoms with E-state index < -0.39 is 28.5 Å². The summed E-state index contributed by atoms with van der Waals surface area (Å²) in [6.07, 6.45) is 1.19. The quantitative estimate of drug-likeness (QED) is 0.256. The number of phenols is 2. The third kappa shape index (κ3) is 4.41. The Labute approximate surface area is 227 Å². The van der Waals surface area contributed by atoms with Crippen molar-refractivity contribution in [3.05, 3.63) is 63.6 Å². The second-order valence-electron chi connectivity index (χ2n) is 10.4. The minimum atomic E-state index is -1.57. The summed E-state index contributed by atoms with van der Waals surface area (Å²) < 4.78 is 17.3. The van der Waals surface area contributed by atoms with E-state index in [4.69, 9.17) is 14.2 Å². The van der Waals surface area contributed by atoms with Crippen LogP contribution in [-0.2, 0) is 21.5 Å². The second kappa shape index (κ2) is 10.1. The highest BCUT2D eigenvalue weighted by Crippen LogP contribution is 2.57. The van der Waals surface area contributed by atoms with Crippen molar-refractivity contribution in [2.45, 2.75) is 53.5 Å². The monoisotopic (exact) mass is 535 g/mol. The summed E-state index contributed by atoms with van der Waals surface area (Å²) >= 11 is 0. The van der Waals surface area contributed by atoms with Crippen molar-refractivity contribution in [3.8, 4) is 28.7 Å². The number of allylic oxidation sites excluding steroid dienone is 4. The van der Waals surface area contributed by atoms with Gasteiger partial charge in [0, 0.05) is 29.4 Å². The number of nitrogens with one attached hydrogen (secondary N) is 1. The first-order valence-corrected chi connectivity index (χ1v) is 12.7. The average molecular weight is 536 g/mol. The molecule has 3 N–H and O–H groups in total. The van der Waals surface area contributed by atoms with Crippen LogP contribution in [0.25, 0.3) is 0 Å². The van der Waals surface area contributed by atoms with Gasteiger partial charge in [-0.15, -0.1) is 0 Å². The van der Waals surface area contributed by atoms with E-state index in [9.17, 15) is 24.6 Å². The summed E-state index contributed by atoms with van der Waals surface area (Å²) in [6, 6.07) is 5.49. The van der Waals surface area contributed by atoms with Crippen molar-refractivity contribution in [1.29, 1.82) is 0 Å². The molecular weight excluding hydrogens is 502 g/mol. The van der Waals surface area contributed by atoms with Gasteiger partial charge in [0.1, 0.15) is 34.0 Å². The van der Waals surface area contributed by atoms with Crippen molar-refractivity contribution < 1.29 is 38.8 Å². The summed E-state index contributed by atoms with van der Waals surface area (Å²) in [5, 5.41) is 24.7. The molecule has 9 nitrogen and oxygen atoms in total. The molecule has 4 rings (SSSR count). The van der Waals surface area contributed by atoms with Crippen LogP contribution in [0.2, 0.25) is 0 Å².